The van der Waals surface area contributed by atoms with E-state index in [2.05, 4.69) is 4.85 Å². The lowest BCUT2D eigenvalue weighted by atomic mass is 10.1. The van der Waals surface area contributed by atoms with E-state index in [9.17, 15) is 4.79 Å². The van der Waals surface area contributed by atoms with Crippen molar-refractivity contribution < 1.29 is 4.79 Å². The molecule has 4 rings (SSSR count). The molecule has 0 aliphatic carbocycles. The second-order valence-corrected chi connectivity index (χ2v) is 7.85. The van der Waals surface area contributed by atoms with Gasteiger partial charge in [0.1, 0.15) is 11.5 Å². The fraction of sp³-hybridized carbons (Fsp3) is 0.292. The van der Waals surface area contributed by atoms with Gasteiger partial charge < -0.3 is 10.6 Å². The van der Waals surface area contributed by atoms with E-state index in [4.69, 9.17) is 17.3 Å². The first kappa shape index (κ1) is 19.9. The maximum absolute atomic E-state index is 13.3. The molecule has 1 amide bonds. The number of piperidine rings is 1. The summed E-state index contributed by atoms with van der Waals surface area (Å²) in [5, 5.41) is 0. The van der Waals surface area contributed by atoms with E-state index < -0.39 is 0 Å². The average Bonchev–Trinajstić information content (AvgIpc) is 3.11. The van der Waals surface area contributed by atoms with Crippen LogP contribution in [0.15, 0.2) is 48.5 Å². The molecular weight excluding hydrogens is 374 g/mol. The van der Waals surface area contributed by atoms with Gasteiger partial charge in [0.05, 0.1) is 12.3 Å². The molecule has 0 saturated carbocycles. The van der Waals surface area contributed by atoms with Crippen molar-refractivity contribution in [2.24, 2.45) is 5.73 Å². The SMILES string of the molecule is [C-]#[N+]c1ccc(-c2nc(C(=O)N3CCC[C@@H](N)C3)c(C)n2-c2ccc(C)cc2)cc1. The first-order valence-electron chi connectivity index (χ1n) is 10.2. The highest BCUT2D eigenvalue weighted by molar-refractivity contribution is 5.94. The van der Waals surface area contributed by atoms with Gasteiger partial charge in [0, 0.05) is 30.4 Å². The van der Waals surface area contributed by atoms with Gasteiger partial charge in [-0.1, -0.05) is 42.0 Å². The number of amides is 1. The van der Waals surface area contributed by atoms with Crippen molar-refractivity contribution in [2.75, 3.05) is 13.1 Å². The number of carbonyl (C=O) groups is 1. The number of benzene rings is 2. The normalized spacial score (nSPS) is 16.3. The first-order valence-corrected chi connectivity index (χ1v) is 10.2. The largest absolute Gasteiger partial charge is 0.336 e. The third-order valence-corrected chi connectivity index (χ3v) is 5.60. The van der Waals surface area contributed by atoms with Gasteiger partial charge in [-0.05, 0) is 38.8 Å². The number of likely N-dealkylation sites (tertiary alicyclic amines) is 1. The van der Waals surface area contributed by atoms with Crippen molar-refractivity contribution in [3.63, 3.8) is 0 Å². The van der Waals surface area contributed by atoms with Crippen LogP contribution in [0.3, 0.4) is 0 Å². The van der Waals surface area contributed by atoms with E-state index in [0.717, 1.165) is 35.3 Å². The molecule has 2 N–H and O–H groups in total. The minimum atomic E-state index is -0.0764. The van der Waals surface area contributed by atoms with Crippen LogP contribution in [-0.2, 0) is 0 Å². The molecular formula is C24H25N5O. The Kier molecular flexibility index (Phi) is 5.39. The maximum atomic E-state index is 13.3. The average molecular weight is 399 g/mol. The molecule has 0 radical (unpaired) electrons. The predicted molar refractivity (Wildman–Crippen MR) is 118 cm³/mol. The van der Waals surface area contributed by atoms with Crippen molar-refractivity contribution in [3.05, 3.63) is 76.9 Å². The minimum absolute atomic E-state index is 0.0165. The Morgan fingerprint density at radius 3 is 2.47 bits per heavy atom. The van der Waals surface area contributed by atoms with Gasteiger partial charge in [0.15, 0.2) is 5.69 Å². The zero-order valence-corrected chi connectivity index (χ0v) is 17.3. The van der Waals surface area contributed by atoms with Crippen LogP contribution in [0.5, 0.6) is 0 Å². The van der Waals surface area contributed by atoms with Gasteiger partial charge in [0.25, 0.3) is 5.91 Å². The van der Waals surface area contributed by atoms with Crippen LogP contribution in [-0.4, -0.2) is 39.5 Å². The number of aryl methyl sites for hydroxylation is 1. The monoisotopic (exact) mass is 399 g/mol. The van der Waals surface area contributed by atoms with Crippen LogP contribution in [0.25, 0.3) is 21.9 Å². The molecule has 3 aromatic rings. The van der Waals surface area contributed by atoms with Gasteiger partial charge in [-0.15, -0.1) is 0 Å². The Bertz CT molecular complexity index is 1110. The van der Waals surface area contributed by atoms with E-state index in [1.807, 2.05) is 59.7 Å². The Balaban J connectivity index is 1.83. The van der Waals surface area contributed by atoms with Crippen molar-refractivity contribution in [1.29, 1.82) is 0 Å². The van der Waals surface area contributed by atoms with Crippen molar-refractivity contribution >= 4 is 11.6 Å². The fourth-order valence-electron chi connectivity index (χ4n) is 3.94. The molecule has 0 bridgehead atoms. The summed E-state index contributed by atoms with van der Waals surface area (Å²) in [4.78, 5) is 23.4. The van der Waals surface area contributed by atoms with Crippen LogP contribution in [0.4, 0.5) is 5.69 Å². The van der Waals surface area contributed by atoms with Crippen LogP contribution >= 0.6 is 0 Å². The van der Waals surface area contributed by atoms with Gasteiger partial charge in [-0.25, -0.2) is 9.83 Å². The second kappa shape index (κ2) is 8.13. The highest BCUT2D eigenvalue weighted by Gasteiger charge is 2.28. The Morgan fingerprint density at radius 2 is 1.83 bits per heavy atom. The molecule has 2 heterocycles. The molecule has 0 unspecified atom stereocenters. The van der Waals surface area contributed by atoms with E-state index in [-0.39, 0.29) is 11.9 Å². The molecule has 1 aliphatic heterocycles. The van der Waals surface area contributed by atoms with Crippen LogP contribution in [0.1, 0.15) is 34.6 Å². The molecule has 1 fully saturated rings. The smallest absolute Gasteiger partial charge is 0.274 e. The molecule has 30 heavy (non-hydrogen) atoms. The summed E-state index contributed by atoms with van der Waals surface area (Å²) in [5.41, 5.74) is 10.9. The maximum Gasteiger partial charge on any atom is 0.274 e. The summed E-state index contributed by atoms with van der Waals surface area (Å²) in [5.74, 6) is 0.616. The van der Waals surface area contributed by atoms with Crippen LogP contribution in [0.2, 0.25) is 0 Å². The van der Waals surface area contributed by atoms with E-state index in [1.54, 1.807) is 12.1 Å². The number of imidazole rings is 1. The number of hydrogen-bond donors (Lipinski definition) is 1. The number of aromatic nitrogens is 2. The lowest BCUT2D eigenvalue weighted by molar-refractivity contribution is 0.0702. The highest BCUT2D eigenvalue weighted by atomic mass is 16.2. The number of nitrogens with zero attached hydrogens (tertiary/aromatic N) is 4. The number of hydrogen-bond acceptors (Lipinski definition) is 3. The summed E-state index contributed by atoms with van der Waals surface area (Å²) < 4.78 is 2.02. The third-order valence-electron chi connectivity index (χ3n) is 5.60. The fourth-order valence-corrected chi connectivity index (χ4v) is 3.94. The van der Waals surface area contributed by atoms with E-state index in [1.165, 1.54) is 0 Å². The highest BCUT2D eigenvalue weighted by Crippen LogP contribution is 2.29. The topological polar surface area (TPSA) is 68.5 Å². The van der Waals surface area contributed by atoms with E-state index in [0.29, 0.717) is 30.3 Å². The Morgan fingerprint density at radius 1 is 1.13 bits per heavy atom. The minimum Gasteiger partial charge on any atom is -0.336 e. The number of carbonyl (C=O) groups excluding carboxylic acids is 1. The van der Waals surface area contributed by atoms with E-state index >= 15 is 0 Å². The molecule has 1 saturated heterocycles. The van der Waals surface area contributed by atoms with Crippen molar-refractivity contribution in [3.8, 4) is 17.1 Å². The number of rotatable bonds is 3. The Labute approximate surface area is 176 Å². The lowest BCUT2D eigenvalue weighted by Gasteiger charge is -2.30. The molecule has 152 valence electrons. The molecule has 2 aromatic carbocycles. The van der Waals surface area contributed by atoms with Crippen molar-refractivity contribution in [1.82, 2.24) is 14.5 Å². The predicted octanol–water partition coefficient (Wildman–Crippen LogP) is 4.27. The van der Waals surface area contributed by atoms with Crippen LogP contribution in [0, 0.1) is 20.4 Å². The third kappa shape index (κ3) is 3.72. The van der Waals surface area contributed by atoms with Gasteiger partial charge in [-0.2, -0.15) is 0 Å². The Hall–Kier alpha value is -3.43. The summed E-state index contributed by atoms with van der Waals surface area (Å²) in [6, 6.07) is 15.5. The molecule has 0 spiro atoms. The van der Waals surface area contributed by atoms with Gasteiger partial charge in [0.2, 0.25) is 0 Å². The molecule has 6 nitrogen and oxygen atoms in total. The summed E-state index contributed by atoms with van der Waals surface area (Å²) in [7, 11) is 0. The van der Waals surface area contributed by atoms with Crippen LogP contribution < -0.4 is 5.73 Å². The molecule has 1 aliphatic rings. The lowest BCUT2D eigenvalue weighted by Crippen LogP contribution is -2.46. The summed E-state index contributed by atoms with van der Waals surface area (Å²) in [6.07, 6.45) is 1.86. The number of nitrogens with two attached hydrogens (primary N) is 1. The zero-order chi connectivity index (χ0) is 21.3. The summed E-state index contributed by atoms with van der Waals surface area (Å²) >= 11 is 0. The second-order valence-electron chi connectivity index (χ2n) is 7.85. The van der Waals surface area contributed by atoms with Gasteiger partial charge in [-0.3, -0.25) is 9.36 Å². The molecule has 1 aromatic heterocycles. The first-order chi connectivity index (χ1) is 14.5. The summed E-state index contributed by atoms with van der Waals surface area (Å²) in [6.45, 7) is 12.4. The quantitative estimate of drug-likeness (QED) is 0.669. The van der Waals surface area contributed by atoms with Gasteiger partial charge >= 0.3 is 0 Å². The molecule has 6 heteroatoms. The zero-order valence-electron chi connectivity index (χ0n) is 17.3. The van der Waals surface area contributed by atoms with Crippen molar-refractivity contribution in [2.45, 2.75) is 32.7 Å². The standard InChI is InChI=1S/C24H25N5O/c1-16-6-12-21(13-7-16)29-17(2)22(24(30)28-14-4-5-19(25)15-28)27-23(29)18-8-10-20(26-3)11-9-18/h6-13,19H,4-5,14-15,25H2,1-2H3/t19-/m1/s1. The molecule has 1 atom stereocenters.